The SMILES string of the molecule is Nc1ccc(C=Cc2ccncc2)c2ccccc12. The fraction of sp³-hybridized carbons (Fsp3) is 0. The van der Waals surface area contributed by atoms with Crippen LogP contribution in [0.4, 0.5) is 5.69 Å². The molecule has 0 aliphatic heterocycles. The van der Waals surface area contributed by atoms with Crippen molar-refractivity contribution in [3.63, 3.8) is 0 Å². The highest BCUT2D eigenvalue weighted by Gasteiger charge is 2.00. The first-order valence-electron chi connectivity index (χ1n) is 6.20. The summed E-state index contributed by atoms with van der Waals surface area (Å²) in [6.45, 7) is 0. The summed E-state index contributed by atoms with van der Waals surface area (Å²) in [5.41, 5.74) is 9.12. The number of fused-ring (bicyclic) bond motifs is 1. The second-order valence-corrected chi connectivity index (χ2v) is 4.40. The standard InChI is InChI=1S/C17H14N2/c18-17-8-7-14(15-3-1-2-4-16(15)17)6-5-13-9-11-19-12-10-13/h1-12H,18H2. The minimum atomic E-state index is 0.816. The lowest BCUT2D eigenvalue weighted by Crippen LogP contribution is -1.88. The second-order valence-electron chi connectivity index (χ2n) is 4.40. The number of anilines is 1. The largest absolute Gasteiger partial charge is 0.398 e. The van der Waals surface area contributed by atoms with Crippen molar-refractivity contribution in [2.45, 2.75) is 0 Å². The molecule has 0 bridgehead atoms. The Hall–Kier alpha value is -2.61. The Kier molecular flexibility index (Phi) is 2.99. The maximum atomic E-state index is 6.00. The van der Waals surface area contributed by atoms with Gasteiger partial charge in [0.15, 0.2) is 0 Å². The van der Waals surface area contributed by atoms with Crippen molar-refractivity contribution in [1.82, 2.24) is 4.98 Å². The van der Waals surface area contributed by atoms with Gasteiger partial charge in [-0.1, -0.05) is 42.5 Å². The monoisotopic (exact) mass is 246 g/mol. The molecule has 92 valence electrons. The van der Waals surface area contributed by atoms with E-state index in [0.29, 0.717) is 0 Å². The molecule has 0 saturated carbocycles. The third kappa shape index (κ3) is 2.33. The van der Waals surface area contributed by atoms with Gasteiger partial charge >= 0.3 is 0 Å². The summed E-state index contributed by atoms with van der Waals surface area (Å²) in [7, 11) is 0. The van der Waals surface area contributed by atoms with E-state index in [9.17, 15) is 0 Å². The minimum Gasteiger partial charge on any atom is -0.398 e. The third-order valence-corrected chi connectivity index (χ3v) is 3.15. The molecule has 0 fully saturated rings. The summed E-state index contributed by atoms with van der Waals surface area (Å²) in [5, 5.41) is 2.27. The highest BCUT2D eigenvalue weighted by atomic mass is 14.6. The molecule has 2 heteroatoms. The van der Waals surface area contributed by atoms with E-state index in [0.717, 1.165) is 16.6 Å². The summed E-state index contributed by atoms with van der Waals surface area (Å²) in [6, 6.07) is 16.2. The van der Waals surface area contributed by atoms with Gasteiger partial charge in [-0.25, -0.2) is 0 Å². The zero-order chi connectivity index (χ0) is 13.1. The molecule has 0 spiro atoms. The molecule has 1 aromatic heterocycles. The van der Waals surface area contributed by atoms with E-state index in [-0.39, 0.29) is 0 Å². The molecule has 0 amide bonds. The molecule has 0 aliphatic carbocycles. The third-order valence-electron chi connectivity index (χ3n) is 3.15. The number of hydrogen-bond donors (Lipinski definition) is 1. The highest BCUT2D eigenvalue weighted by molar-refractivity contribution is 5.99. The van der Waals surface area contributed by atoms with Crippen molar-refractivity contribution in [1.29, 1.82) is 0 Å². The van der Waals surface area contributed by atoms with Crippen LogP contribution in [0.3, 0.4) is 0 Å². The smallest absolute Gasteiger partial charge is 0.0394 e. The number of nitrogen functional groups attached to an aromatic ring is 1. The van der Waals surface area contributed by atoms with Gasteiger partial charge in [-0.15, -0.1) is 0 Å². The number of aromatic nitrogens is 1. The summed E-state index contributed by atoms with van der Waals surface area (Å²) in [6.07, 6.45) is 7.78. The van der Waals surface area contributed by atoms with Crippen molar-refractivity contribution < 1.29 is 0 Å². The summed E-state index contributed by atoms with van der Waals surface area (Å²) < 4.78 is 0. The molecular formula is C17H14N2. The van der Waals surface area contributed by atoms with Crippen LogP contribution < -0.4 is 5.73 Å². The van der Waals surface area contributed by atoms with Crippen LogP contribution in [0.2, 0.25) is 0 Å². The van der Waals surface area contributed by atoms with Gasteiger partial charge in [0.05, 0.1) is 0 Å². The average Bonchev–Trinajstić information content (AvgIpc) is 2.48. The molecule has 0 aliphatic rings. The molecule has 2 N–H and O–H groups in total. The maximum Gasteiger partial charge on any atom is 0.0394 e. The molecule has 2 nitrogen and oxygen atoms in total. The van der Waals surface area contributed by atoms with E-state index in [1.165, 1.54) is 10.9 Å². The van der Waals surface area contributed by atoms with E-state index in [2.05, 4.69) is 35.3 Å². The number of hydrogen-bond acceptors (Lipinski definition) is 2. The molecule has 3 aromatic rings. The van der Waals surface area contributed by atoms with Gasteiger partial charge in [0, 0.05) is 23.5 Å². The summed E-state index contributed by atoms with van der Waals surface area (Å²) in [5.74, 6) is 0. The Morgan fingerprint density at radius 1 is 0.789 bits per heavy atom. The van der Waals surface area contributed by atoms with Crippen LogP contribution in [0.15, 0.2) is 60.9 Å². The number of nitrogens with two attached hydrogens (primary N) is 1. The van der Waals surface area contributed by atoms with Gasteiger partial charge in [-0.2, -0.15) is 0 Å². The first kappa shape index (κ1) is 11.5. The van der Waals surface area contributed by atoms with Crippen LogP contribution in [-0.4, -0.2) is 4.98 Å². The lowest BCUT2D eigenvalue weighted by atomic mass is 10.0. The van der Waals surface area contributed by atoms with Crippen molar-refractivity contribution in [3.8, 4) is 0 Å². The van der Waals surface area contributed by atoms with Gasteiger partial charge in [-0.3, -0.25) is 4.98 Å². The average molecular weight is 246 g/mol. The Morgan fingerprint density at radius 2 is 1.53 bits per heavy atom. The van der Waals surface area contributed by atoms with E-state index in [4.69, 9.17) is 5.73 Å². The Morgan fingerprint density at radius 3 is 2.32 bits per heavy atom. The first-order chi connectivity index (χ1) is 9.34. The van der Waals surface area contributed by atoms with Crippen LogP contribution in [0.1, 0.15) is 11.1 Å². The number of pyridine rings is 1. The minimum absolute atomic E-state index is 0.816. The van der Waals surface area contributed by atoms with Crippen LogP contribution in [-0.2, 0) is 0 Å². The highest BCUT2D eigenvalue weighted by Crippen LogP contribution is 2.25. The molecular weight excluding hydrogens is 232 g/mol. The van der Waals surface area contributed by atoms with E-state index in [1.54, 1.807) is 12.4 Å². The lowest BCUT2D eigenvalue weighted by molar-refractivity contribution is 1.32. The summed E-state index contributed by atoms with van der Waals surface area (Å²) in [4.78, 5) is 4.01. The van der Waals surface area contributed by atoms with Crippen molar-refractivity contribution in [3.05, 3.63) is 72.1 Å². The number of nitrogens with zero attached hydrogens (tertiary/aromatic N) is 1. The van der Waals surface area contributed by atoms with E-state index >= 15 is 0 Å². The molecule has 2 aromatic carbocycles. The van der Waals surface area contributed by atoms with E-state index in [1.807, 2.05) is 30.3 Å². The van der Waals surface area contributed by atoms with Gasteiger partial charge < -0.3 is 5.73 Å². The van der Waals surface area contributed by atoms with Gasteiger partial charge in [0.1, 0.15) is 0 Å². The molecule has 1 heterocycles. The first-order valence-corrected chi connectivity index (χ1v) is 6.20. The van der Waals surface area contributed by atoms with Crippen molar-refractivity contribution in [2.24, 2.45) is 0 Å². The van der Waals surface area contributed by atoms with E-state index < -0.39 is 0 Å². The molecule has 0 saturated heterocycles. The number of benzene rings is 2. The molecule has 19 heavy (non-hydrogen) atoms. The predicted molar refractivity (Wildman–Crippen MR) is 81.5 cm³/mol. The van der Waals surface area contributed by atoms with Gasteiger partial charge in [0.25, 0.3) is 0 Å². The van der Waals surface area contributed by atoms with Crippen LogP contribution in [0.5, 0.6) is 0 Å². The van der Waals surface area contributed by atoms with Gasteiger partial charge in [-0.05, 0) is 34.7 Å². The molecule has 3 rings (SSSR count). The fourth-order valence-electron chi connectivity index (χ4n) is 2.15. The van der Waals surface area contributed by atoms with Crippen LogP contribution >= 0.6 is 0 Å². The predicted octanol–water partition coefficient (Wildman–Crippen LogP) is 3.99. The molecule has 0 atom stereocenters. The van der Waals surface area contributed by atoms with Crippen molar-refractivity contribution >= 4 is 28.6 Å². The molecule has 0 radical (unpaired) electrons. The Balaban J connectivity index is 2.07. The topological polar surface area (TPSA) is 38.9 Å². The van der Waals surface area contributed by atoms with Crippen molar-refractivity contribution in [2.75, 3.05) is 5.73 Å². The normalized spacial score (nSPS) is 11.2. The maximum absolute atomic E-state index is 6.00. The quantitative estimate of drug-likeness (QED) is 0.694. The van der Waals surface area contributed by atoms with Gasteiger partial charge in [0.2, 0.25) is 0 Å². The zero-order valence-corrected chi connectivity index (χ0v) is 10.5. The lowest BCUT2D eigenvalue weighted by Gasteiger charge is -2.05. The molecule has 0 unspecified atom stereocenters. The zero-order valence-electron chi connectivity index (χ0n) is 10.5. The van der Waals surface area contributed by atoms with Crippen LogP contribution in [0.25, 0.3) is 22.9 Å². The fourth-order valence-corrected chi connectivity index (χ4v) is 2.15. The summed E-state index contributed by atoms with van der Waals surface area (Å²) >= 11 is 0. The number of rotatable bonds is 2. The Bertz CT molecular complexity index is 731. The van der Waals surface area contributed by atoms with Crippen LogP contribution in [0, 0.1) is 0 Å². The Labute approximate surface area is 112 Å². The second kappa shape index (κ2) is 4.94.